The van der Waals surface area contributed by atoms with Gasteiger partial charge in [-0.15, -0.1) is 0 Å². The maximum Gasteiger partial charge on any atom is 0.240 e. The van der Waals surface area contributed by atoms with Crippen LogP contribution in [0.5, 0.6) is 0 Å². The number of benzene rings is 3. The van der Waals surface area contributed by atoms with Crippen molar-refractivity contribution in [3.05, 3.63) is 83.7 Å². The molecule has 0 heterocycles. The van der Waals surface area contributed by atoms with E-state index in [9.17, 15) is 14.0 Å². The largest absolute Gasteiger partial charge is 0.368 e. The molecule has 0 unspecified atom stereocenters. The number of fused-ring (bicyclic) bond motifs is 1. The standard InChI is InChI=1S/C22H21FN2O2/c23-19-7-3-4-16(13-19)14-20(22(24)27)25-21(26)11-9-15-8-10-17-5-1-2-6-18(17)12-15/h1-8,10,12-13,20H,9,11,14H2,(H2,24,27)(H,25,26)/t20-/m0/s1. The second-order valence-corrected chi connectivity index (χ2v) is 6.54. The molecule has 0 spiro atoms. The third kappa shape index (κ3) is 5.14. The minimum atomic E-state index is -0.865. The molecule has 3 rings (SSSR count). The average Bonchev–Trinajstić information content (AvgIpc) is 2.65. The zero-order chi connectivity index (χ0) is 19.2. The van der Waals surface area contributed by atoms with Gasteiger partial charge in [0.25, 0.3) is 0 Å². The Hall–Kier alpha value is -3.21. The number of carbonyl (C=O) groups excluding carboxylic acids is 2. The third-order valence-electron chi connectivity index (χ3n) is 4.46. The fourth-order valence-corrected chi connectivity index (χ4v) is 3.04. The number of hydrogen-bond donors (Lipinski definition) is 2. The minimum absolute atomic E-state index is 0.162. The van der Waals surface area contributed by atoms with E-state index in [-0.39, 0.29) is 18.7 Å². The number of carbonyl (C=O) groups is 2. The number of halogens is 1. The van der Waals surface area contributed by atoms with E-state index in [0.717, 1.165) is 16.3 Å². The number of hydrogen-bond acceptors (Lipinski definition) is 2. The summed E-state index contributed by atoms with van der Waals surface area (Å²) in [6.07, 6.45) is 0.961. The highest BCUT2D eigenvalue weighted by Crippen LogP contribution is 2.16. The molecule has 27 heavy (non-hydrogen) atoms. The molecule has 0 aliphatic heterocycles. The van der Waals surface area contributed by atoms with Gasteiger partial charge in [0.2, 0.25) is 11.8 Å². The van der Waals surface area contributed by atoms with Gasteiger partial charge in [0.15, 0.2) is 0 Å². The van der Waals surface area contributed by atoms with Gasteiger partial charge in [-0.05, 0) is 40.5 Å². The highest BCUT2D eigenvalue weighted by atomic mass is 19.1. The van der Waals surface area contributed by atoms with Crippen molar-refractivity contribution in [3.63, 3.8) is 0 Å². The lowest BCUT2D eigenvalue weighted by atomic mass is 10.0. The Labute approximate surface area is 157 Å². The number of aryl methyl sites for hydroxylation is 1. The second-order valence-electron chi connectivity index (χ2n) is 6.54. The molecule has 0 aromatic heterocycles. The highest BCUT2D eigenvalue weighted by molar-refractivity contribution is 5.87. The predicted molar refractivity (Wildman–Crippen MR) is 103 cm³/mol. The molecule has 0 radical (unpaired) electrons. The van der Waals surface area contributed by atoms with E-state index in [0.29, 0.717) is 12.0 Å². The molecule has 138 valence electrons. The summed E-state index contributed by atoms with van der Waals surface area (Å²) in [5, 5.41) is 4.93. The molecule has 0 saturated carbocycles. The molecular weight excluding hydrogens is 343 g/mol. The summed E-state index contributed by atoms with van der Waals surface area (Å²) < 4.78 is 13.3. The van der Waals surface area contributed by atoms with Crippen molar-refractivity contribution in [1.82, 2.24) is 5.32 Å². The predicted octanol–water partition coefficient (Wildman–Crippen LogP) is 3.12. The normalized spacial score (nSPS) is 11.9. The fraction of sp³-hybridized carbons (Fsp3) is 0.182. The van der Waals surface area contributed by atoms with E-state index in [1.807, 2.05) is 36.4 Å². The molecule has 1 atom stereocenters. The monoisotopic (exact) mass is 364 g/mol. The molecule has 4 nitrogen and oxygen atoms in total. The Morgan fingerprint density at radius 2 is 1.70 bits per heavy atom. The first-order valence-corrected chi connectivity index (χ1v) is 8.82. The van der Waals surface area contributed by atoms with Crippen LogP contribution in [0.4, 0.5) is 4.39 Å². The van der Waals surface area contributed by atoms with Gasteiger partial charge in [-0.25, -0.2) is 4.39 Å². The first-order valence-electron chi connectivity index (χ1n) is 8.82. The molecular formula is C22H21FN2O2. The van der Waals surface area contributed by atoms with Gasteiger partial charge in [0.05, 0.1) is 0 Å². The molecule has 0 aliphatic carbocycles. The summed E-state index contributed by atoms with van der Waals surface area (Å²) in [7, 11) is 0. The molecule has 3 aromatic rings. The van der Waals surface area contributed by atoms with Gasteiger partial charge in [0.1, 0.15) is 11.9 Å². The maximum atomic E-state index is 13.3. The summed E-state index contributed by atoms with van der Waals surface area (Å²) >= 11 is 0. The molecule has 3 N–H and O–H groups in total. The minimum Gasteiger partial charge on any atom is -0.368 e. The molecule has 3 aromatic carbocycles. The number of primary amides is 1. The van der Waals surface area contributed by atoms with Crippen LogP contribution < -0.4 is 11.1 Å². The van der Waals surface area contributed by atoms with Crippen molar-refractivity contribution in [1.29, 1.82) is 0 Å². The molecule has 2 amide bonds. The van der Waals surface area contributed by atoms with Gasteiger partial charge in [0, 0.05) is 12.8 Å². The Kier molecular flexibility index (Phi) is 5.81. The van der Waals surface area contributed by atoms with Crippen molar-refractivity contribution in [2.45, 2.75) is 25.3 Å². The maximum absolute atomic E-state index is 13.3. The molecule has 5 heteroatoms. The van der Waals surface area contributed by atoms with Gasteiger partial charge < -0.3 is 11.1 Å². The fourth-order valence-electron chi connectivity index (χ4n) is 3.04. The topological polar surface area (TPSA) is 72.2 Å². The lowest BCUT2D eigenvalue weighted by Gasteiger charge is -2.16. The molecule has 0 saturated heterocycles. The third-order valence-corrected chi connectivity index (χ3v) is 4.46. The Morgan fingerprint density at radius 1 is 0.926 bits per heavy atom. The van der Waals surface area contributed by atoms with Crippen LogP contribution in [-0.2, 0) is 22.4 Å². The number of rotatable bonds is 7. The average molecular weight is 364 g/mol. The summed E-state index contributed by atoms with van der Waals surface area (Å²) in [4.78, 5) is 23.9. The SMILES string of the molecule is NC(=O)[C@H](Cc1cccc(F)c1)NC(=O)CCc1ccc2ccccc2c1. The van der Waals surface area contributed by atoms with Crippen molar-refractivity contribution in [2.75, 3.05) is 0 Å². The highest BCUT2D eigenvalue weighted by Gasteiger charge is 2.18. The molecule has 0 bridgehead atoms. The number of nitrogens with two attached hydrogens (primary N) is 1. The van der Waals surface area contributed by atoms with E-state index in [1.165, 1.54) is 12.1 Å². The van der Waals surface area contributed by atoms with Gasteiger partial charge in [-0.1, -0.05) is 54.6 Å². The van der Waals surface area contributed by atoms with Crippen LogP contribution in [0.15, 0.2) is 66.7 Å². The van der Waals surface area contributed by atoms with Crippen LogP contribution in [0, 0.1) is 5.82 Å². The van der Waals surface area contributed by atoms with Crippen LogP contribution in [0.1, 0.15) is 17.5 Å². The quantitative estimate of drug-likeness (QED) is 0.676. The van der Waals surface area contributed by atoms with Crippen molar-refractivity contribution < 1.29 is 14.0 Å². The molecule has 0 fully saturated rings. The Morgan fingerprint density at radius 3 is 2.44 bits per heavy atom. The number of amides is 2. The number of nitrogens with one attached hydrogen (secondary N) is 1. The van der Waals surface area contributed by atoms with E-state index in [2.05, 4.69) is 11.4 Å². The van der Waals surface area contributed by atoms with Gasteiger partial charge in [-0.3, -0.25) is 9.59 Å². The van der Waals surface area contributed by atoms with E-state index in [1.54, 1.807) is 12.1 Å². The smallest absolute Gasteiger partial charge is 0.240 e. The zero-order valence-electron chi connectivity index (χ0n) is 14.8. The van der Waals surface area contributed by atoms with Gasteiger partial charge in [-0.2, -0.15) is 0 Å². The van der Waals surface area contributed by atoms with Crippen molar-refractivity contribution >= 4 is 22.6 Å². The van der Waals surface area contributed by atoms with E-state index >= 15 is 0 Å². The first kappa shape index (κ1) is 18.6. The van der Waals surface area contributed by atoms with E-state index < -0.39 is 17.8 Å². The summed E-state index contributed by atoms with van der Waals surface area (Å²) in [5.41, 5.74) is 7.04. The summed E-state index contributed by atoms with van der Waals surface area (Å²) in [6, 6.07) is 19.1. The van der Waals surface area contributed by atoms with Crippen LogP contribution in [0.3, 0.4) is 0 Å². The van der Waals surface area contributed by atoms with Crippen LogP contribution in [0.2, 0.25) is 0 Å². The van der Waals surface area contributed by atoms with Crippen molar-refractivity contribution in [2.24, 2.45) is 5.73 Å². The lowest BCUT2D eigenvalue weighted by Crippen LogP contribution is -2.45. The van der Waals surface area contributed by atoms with Crippen LogP contribution in [-0.4, -0.2) is 17.9 Å². The van der Waals surface area contributed by atoms with Crippen LogP contribution in [0.25, 0.3) is 10.8 Å². The van der Waals surface area contributed by atoms with Crippen molar-refractivity contribution in [3.8, 4) is 0 Å². The molecule has 0 aliphatic rings. The first-order chi connectivity index (χ1) is 13.0. The van der Waals surface area contributed by atoms with Crippen LogP contribution >= 0.6 is 0 Å². The summed E-state index contributed by atoms with van der Waals surface area (Å²) in [6.45, 7) is 0. The summed E-state index contributed by atoms with van der Waals surface area (Å²) in [5.74, 6) is -1.29. The lowest BCUT2D eigenvalue weighted by molar-refractivity contribution is -0.127. The Bertz CT molecular complexity index is 971. The Balaban J connectivity index is 1.59. The zero-order valence-corrected chi connectivity index (χ0v) is 14.8. The van der Waals surface area contributed by atoms with E-state index in [4.69, 9.17) is 5.73 Å². The second kappa shape index (κ2) is 8.45. The van der Waals surface area contributed by atoms with Gasteiger partial charge >= 0.3 is 0 Å².